The van der Waals surface area contributed by atoms with E-state index in [1.54, 1.807) is 0 Å². The highest BCUT2D eigenvalue weighted by atomic mass is 79.9. The normalized spacial score (nSPS) is 25.9. The molecule has 2 fully saturated rings. The minimum Gasteiger partial charge on any atom is -0.300 e. The van der Waals surface area contributed by atoms with Gasteiger partial charge in [0.25, 0.3) is 0 Å². The topological polar surface area (TPSA) is 6.48 Å². The molecule has 1 unspecified atom stereocenters. The van der Waals surface area contributed by atoms with Gasteiger partial charge in [0.2, 0.25) is 0 Å². The van der Waals surface area contributed by atoms with Gasteiger partial charge in [0.05, 0.1) is 0 Å². The van der Waals surface area contributed by atoms with Crippen molar-refractivity contribution >= 4 is 15.9 Å². The summed E-state index contributed by atoms with van der Waals surface area (Å²) in [7, 11) is 0. The van der Waals surface area contributed by atoms with Crippen LogP contribution in [0, 0.1) is 5.92 Å². The SMILES string of the molecule is CCCC(CBr)CN1CCN(C2CC2)CC1. The Kier molecular flexibility index (Phi) is 5.11. The van der Waals surface area contributed by atoms with E-state index in [0.717, 1.165) is 12.0 Å². The fourth-order valence-electron chi connectivity index (χ4n) is 2.74. The minimum atomic E-state index is 0.859. The molecule has 0 N–H and O–H groups in total. The van der Waals surface area contributed by atoms with Gasteiger partial charge in [0.15, 0.2) is 0 Å². The standard InChI is InChI=1S/C13H25BrN2/c1-2-3-12(10-14)11-15-6-8-16(9-7-15)13-4-5-13/h12-13H,2-11H2,1H3. The number of piperazine rings is 1. The molecule has 0 radical (unpaired) electrons. The van der Waals surface area contributed by atoms with Crippen LogP contribution >= 0.6 is 15.9 Å². The molecule has 2 rings (SSSR count). The highest BCUT2D eigenvalue weighted by molar-refractivity contribution is 9.09. The van der Waals surface area contributed by atoms with Crippen LogP contribution in [0.1, 0.15) is 32.6 Å². The zero-order valence-corrected chi connectivity index (χ0v) is 12.1. The van der Waals surface area contributed by atoms with Crippen molar-refractivity contribution in [2.24, 2.45) is 5.92 Å². The second kappa shape index (κ2) is 6.36. The summed E-state index contributed by atoms with van der Waals surface area (Å²) in [4.78, 5) is 5.36. The number of nitrogens with zero attached hydrogens (tertiary/aromatic N) is 2. The largest absolute Gasteiger partial charge is 0.300 e. The second-order valence-electron chi connectivity index (χ2n) is 5.38. The third kappa shape index (κ3) is 3.71. The maximum Gasteiger partial charge on any atom is 0.0113 e. The van der Waals surface area contributed by atoms with Gasteiger partial charge in [-0.1, -0.05) is 29.3 Å². The molecule has 16 heavy (non-hydrogen) atoms. The van der Waals surface area contributed by atoms with Crippen LogP contribution in [0.4, 0.5) is 0 Å². The predicted octanol–water partition coefficient (Wildman–Crippen LogP) is 2.58. The molecule has 0 aromatic carbocycles. The van der Waals surface area contributed by atoms with E-state index in [2.05, 4.69) is 32.7 Å². The van der Waals surface area contributed by atoms with Crippen LogP contribution in [0.5, 0.6) is 0 Å². The molecule has 2 nitrogen and oxygen atoms in total. The Labute approximate surface area is 108 Å². The molecule has 1 aliphatic carbocycles. The Morgan fingerprint density at radius 1 is 1.19 bits per heavy atom. The molecule has 0 bridgehead atoms. The molecular formula is C13H25BrN2. The van der Waals surface area contributed by atoms with Crippen molar-refractivity contribution in [1.82, 2.24) is 9.80 Å². The molecule has 1 saturated carbocycles. The summed E-state index contributed by atoms with van der Waals surface area (Å²) in [5.41, 5.74) is 0. The van der Waals surface area contributed by atoms with E-state index in [-0.39, 0.29) is 0 Å². The van der Waals surface area contributed by atoms with Crippen LogP contribution < -0.4 is 0 Å². The molecule has 1 heterocycles. The van der Waals surface area contributed by atoms with E-state index < -0.39 is 0 Å². The van der Waals surface area contributed by atoms with Crippen molar-refractivity contribution < 1.29 is 0 Å². The third-order valence-corrected chi connectivity index (χ3v) is 4.82. The van der Waals surface area contributed by atoms with Gasteiger partial charge in [0.1, 0.15) is 0 Å². The second-order valence-corrected chi connectivity index (χ2v) is 6.02. The van der Waals surface area contributed by atoms with Gasteiger partial charge in [-0.15, -0.1) is 0 Å². The van der Waals surface area contributed by atoms with Crippen LogP contribution in [-0.2, 0) is 0 Å². The minimum absolute atomic E-state index is 0.859. The predicted molar refractivity (Wildman–Crippen MR) is 73.2 cm³/mol. The van der Waals surface area contributed by atoms with Gasteiger partial charge in [-0.2, -0.15) is 0 Å². The van der Waals surface area contributed by atoms with Crippen LogP contribution in [0.3, 0.4) is 0 Å². The molecular weight excluding hydrogens is 264 g/mol. The van der Waals surface area contributed by atoms with E-state index in [4.69, 9.17) is 0 Å². The number of halogens is 1. The Balaban J connectivity index is 1.67. The quantitative estimate of drug-likeness (QED) is 0.693. The Hall–Kier alpha value is 0.400. The number of hydrogen-bond donors (Lipinski definition) is 0. The van der Waals surface area contributed by atoms with E-state index in [1.165, 1.54) is 63.7 Å². The summed E-state index contributed by atoms with van der Waals surface area (Å²) in [6.07, 6.45) is 5.60. The molecule has 1 saturated heterocycles. The van der Waals surface area contributed by atoms with Gasteiger partial charge in [-0.3, -0.25) is 4.90 Å². The van der Waals surface area contributed by atoms with Gasteiger partial charge >= 0.3 is 0 Å². The van der Waals surface area contributed by atoms with E-state index in [0.29, 0.717) is 0 Å². The smallest absolute Gasteiger partial charge is 0.0113 e. The monoisotopic (exact) mass is 288 g/mol. The Morgan fingerprint density at radius 2 is 1.88 bits per heavy atom. The van der Waals surface area contributed by atoms with Crippen LogP contribution in [0.25, 0.3) is 0 Å². The van der Waals surface area contributed by atoms with Gasteiger partial charge in [-0.25, -0.2) is 0 Å². The highest BCUT2D eigenvalue weighted by Crippen LogP contribution is 2.27. The summed E-state index contributed by atoms with van der Waals surface area (Å²) < 4.78 is 0. The molecule has 1 atom stereocenters. The molecule has 0 amide bonds. The number of alkyl halides is 1. The molecule has 0 spiro atoms. The summed E-state index contributed by atoms with van der Waals surface area (Å²) in [6.45, 7) is 8.81. The molecule has 1 aliphatic heterocycles. The fraction of sp³-hybridized carbons (Fsp3) is 1.00. The van der Waals surface area contributed by atoms with Gasteiger partial charge in [0, 0.05) is 44.1 Å². The summed E-state index contributed by atoms with van der Waals surface area (Å²) >= 11 is 3.65. The average molecular weight is 289 g/mol. The maximum atomic E-state index is 3.65. The first-order chi connectivity index (χ1) is 7.83. The van der Waals surface area contributed by atoms with Crippen molar-refractivity contribution in [3.63, 3.8) is 0 Å². The molecule has 2 aliphatic rings. The Bertz CT molecular complexity index is 198. The van der Waals surface area contributed by atoms with E-state index >= 15 is 0 Å². The molecule has 0 aromatic heterocycles. The summed E-state index contributed by atoms with van der Waals surface area (Å²) in [6, 6.07) is 0.963. The summed E-state index contributed by atoms with van der Waals surface area (Å²) in [5, 5.41) is 1.17. The van der Waals surface area contributed by atoms with Gasteiger partial charge < -0.3 is 4.90 Å². The number of hydrogen-bond acceptors (Lipinski definition) is 2. The van der Waals surface area contributed by atoms with Crippen molar-refractivity contribution in [3.8, 4) is 0 Å². The molecule has 94 valence electrons. The number of rotatable bonds is 6. The van der Waals surface area contributed by atoms with E-state index in [1.807, 2.05) is 0 Å². The first kappa shape index (κ1) is 12.8. The first-order valence-corrected chi connectivity index (χ1v) is 7.98. The lowest BCUT2D eigenvalue weighted by Crippen LogP contribution is -2.48. The Morgan fingerprint density at radius 3 is 2.38 bits per heavy atom. The maximum absolute atomic E-state index is 3.65. The highest BCUT2D eigenvalue weighted by Gasteiger charge is 2.31. The van der Waals surface area contributed by atoms with Crippen molar-refractivity contribution in [1.29, 1.82) is 0 Å². The molecule has 3 heteroatoms. The zero-order valence-electron chi connectivity index (χ0n) is 10.5. The average Bonchev–Trinajstić information content (AvgIpc) is 3.13. The lowest BCUT2D eigenvalue weighted by Gasteiger charge is -2.36. The molecule has 0 aromatic rings. The summed E-state index contributed by atoms with van der Waals surface area (Å²) in [5.74, 6) is 0.859. The van der Waals surface area contributed by atoms with Gasteiger partial charge in [-0.05, 0) is 25.2 Å². The van der Waals surface area contributed by atoms with Crippen LogP contribution in [0.2, 0.25) is 0 Å². The fourth-order valence-corrected chi connectivity index (χ4v) is 3.27. The zero-order chi connectivity index (χ0) is 11.4. The lowest BCUT2D eigenvalue weighted by molar-refractivity contribution is 0.114. The van der Waals surface area contributed by atoms with Crippen LogP contribution in [-0.4, -0.2) is 53.9 Å². The van der Waals surface area contributed by atoms with Crippen LogP contribution in [0.15, 0.2) is 0 Å². The van der Waals surface area contributed by atoms with Crippen molar-refractivity contribution in [2.75, 3.05) is 38.1 Å². The lowest BCUT2D eigenvalue weighted by atomic mass is 10.1. The van der Waals surface area contributed by atoms with E-state index in [9.17, 15) is 0 Å². The van der Waals surface area contributed by atoms with Crippen molar-refractivity contribution in [3.05, 3.63) is 0 Å². The first-order valence-electron chi connectivity index (χ1n) is 6.85. The van der Waals surface area contributed by atoms with Crippen molar-refractivity contribution in [2.45, 2.75) is 38.6 Å². The third-order valence-electron chi connectivity index (χ3n) is 3.90.